The molecule has 0 saturated carbocycles. The fourth-order valence-corrected chi connectivity index (χ4v) is 4.28. The number of rotatable bonds is 7. The minimum absolute atomic E-state index is 0.106. The molecule has 1 aliphatic rings. The summed E-state index contributed by atoms with van der Waals surface area (Å²) in [4.78, 5) is 17.1. The number of anilines is 1. The van der Waals surface area contributed by atoms with Crippen LogP contribution in [0.25, 0.3) is 0 Å². The van der Waals surface area contributed by atoms with E-state index in [9.17, 15) is 18.0 Å². The molecule has 37 heavy (non-hydrogen) atoms. The lowest BCUT2D eigenvalue weighted by atomic mass is 10.2. The predicted molar refractivity (Wildman–Crippen MR) is 133 cm³/mol. The number of ether oxygens (including phenoxy) is 1. The Balaban J connectivity index is 1.33. The highest BCUT2D eigenvalue weighted by Gasteiger charge is 2.27. The highest BCUT2D eigenvalue weighted by atomic mass is 19.1. The van der Waals surface area contributed by atoms with Gasteiger partial charge in [0.15, 0.2) is 0 Å². The molecule has 1 amide bonds. The number of amides is 1. The number of hydrogen-bond acceptors (Lipinski definition) is 4. The van der Waals surface area contributed by atoms with Crippen molar-refractivity contribution in [2.24, 2.45) is 0 Å². The van der Waals surface area contributed by atoms with Gasteiger partial charge in [0.1, 0.15) is 29.6 Å². The highest BCUT2D eigenvalue weighted by Crippen LogP contribution is 2.24. The Bertz CT molecular complexity index is 1370. The Hall–Kier alpha value is -4.27. The molecule has 1 fully saturated rings. The van der Waals surface area contributed by atoms with E-state index in [0.717, 1.165) is 11.1 Å². The molecule has 2 heterocycles. The summed E-state index contributed by atoms with van der Waals surface area (Å²) in [7, 11) is 0. The quantitative estimate of drug-likeness (QED) is 0.358. The van der Waals surface area contributed by atoms with Gasteiger partial charge in [-0.3, -0.25) is 9.48 Å². The van der Waals surface area contributed by atoms with Crippen LogP contribution in [0.15, 0.2) is 79.0 Å². The van der Waals surface area contributed by atoms with Crippen LogP contribution in [0.1, 0.15) is 21.5 Å². The lowest BCUT2D eigenvalue weighted by Gasteiger charge is -2.36. The Morgan fingerprint density at radius 1 is 0.811 bits per heavy atom. The standard InChI is InChI=1S/C28H25F3N4O2/c29-22-9-5-20(6-10-22)17-35-18-24(27(32-35)37-19-21-7-11-23(30)12-8-21)28(36)34-15-13-33(14-16-34)26-4-2-1-3-25(26)31/h1-12,18H,13-17,19H2. The summed E-state index contributed by atoms with van der Waals surface area (Å²) in [6.45, 7) is 2.22. The minimum atomic E-state index is -0.349. The van der Waals surface area contributed by atoms with Crippen molar-refractivity contribution >= 4 is 11.6 Å². The second kappa shape index (κ2) is 10.8. The first-order chi connectivity index (χ1) is 18.0. The number of benzene rings is 3. The fraction of sp³-hybridized carbons (Fsp3) is 0.214. The maximum atomic E-state index is 14.2. The summed E-state index contributed by atoms with van der Waals surface area (Å²) in [6, 6.07) is 18.5. The largest absolute Gasteiger partial charge is 0.471 e. The van der Waals surface area contributed by atoms with E-state index in [1.807, 2.05) is 4.90 Å². The molecular weight excluding hydrogens is 481 g/mol. The van der Waals surface area contributed by atoms with Crippen molar-refractivity contribution in [2.75, 3.05) is 31.1 Å². The lowest BCUT2D eigenvalue weighted by molar-refractivity contribution is 0.0741. The number of carbonyl (C=O) groups is 1. The molecule has 0 aliphatic carbocycles. The van der Waals surface area contributed by atoms with Crippen LogP contribution < -0.4 is 9.64 Å². The summed E-state index contributed by atoms with van der Waals surface area (Å²) in [6.07, 6.45) is 1.62. The Morgan fingerprint density at radius 2 is 1.43 bits per heavy atom. The van der Waals surface area contributed by atoms with E-state index >= 15 is 0 Å². The molecule has 0 radical (unpaired) electrons. The Labute approximate surface area is 212 Å². The number of carbonyl (C=O) groups excluding carboxylic acids is 1. The minimum Gasteiger partial charge on any atom is -0.471 e. The first kappa shape index (κ1) is 24.4. The van der Waals surface area contributed by atoms with Crippen molar-refractivity contribution in [3.05, 3.63) is 113 Å². The zero-order valence-electron chi connectivity index (χ0n) is 20.0. The predicted octanol–water partition coefficient (Wildman–Crippen LogP) is 4.89. The molecule has 1 saturated heterocycles. The molecule has 6 nitrogen and oxygen atoms in total. The van der Waals surface area contributed by atoms with Crippen molar-refractivity contribution in [3.8, 4) is 5.88 Å². The van der Waals surface area contributed by atoms with E-state index in [1.54, 1.807) is 58.2 Å². The number of aromatic nitrogens is 2. The van der Waals surface area contributed by atoms with Gasteiger partial charge in [-0.2, -0.15) is 0 Å². The molecule has 0 spiro atoms. The van der Waals surface area contributed by atoms with Crippen molar-refractivity contribution < 1.29 is 22.7 Å². The van der Waals surface area contributed by atoms with Crippen LogP contribution >= 0.6 is 0 Å². The molecule has 0 atom stereocenters. The fourth-order valence-electron chi connectivity index (χ4n) is 4.28. The molecule has 0 unspecified atom stereocenters. The van der Waals surface area contributed by atoms with Crippen molar-refractivity contribution in [3.63, 3.8) is 0 Å². The van der Waals surface area contributed by atoms with Gasteiger partial charge >= 0.3 is 0 Å². The van der Waals surface area contributed by atoms with Crippen molar-refractivity contribution in [1.82, 2.24) is 14.7 Å². The lowest BCUT2D eigenvalue weighted by Crippen LogP contribution is -2.49. The monoisotopic (exact) mass is 506 g/mol. The van der Waals surface area contributed by atoms with Gasteiger partial charge < -0.3 is 14.5 Å². The molecule has 1 aliphatic heterocycles. The molecule has 4 aromatic rings. The van der Waals surface area contributed by atoms with Crippen LogP contribution in [0.2, 0.25) is 0 Å². The van der Waals surface area contributed by atoms with E-state index in [1.165, 1.54) is 30.3 Å². The molecule has 1 aromatic heterocycles. The van der Waals surface area contributed by atoms with Crippen molar-refractivity contribution in [2.45, 2.75) is 13.2 Å². The highest BCUT2D eigenvalue weighted by molar-refractivity contribution is 5.96. The summed E-state index contributed by atoms with van der Waals surface area (Å²) in [5.41, 5.74) is 2.35. The zero-order chi connectivity index (χ0) is 25.8. The average Bonchev–Trinajstić information content (AvgIpc) is 3.32. The maximum absolute atomic E-state index is 14.2. The van der Waals surface area contributed by atoms with E-state index in [2.05, 4.69) is 5.10 Å². The van der Waals surface area contributed by atoms with Gasteiger partial charge in [0, 0.05) is 32.4 Å². The summed E-state index contributed by atoms with van der Waals surface area (Å²) in [5.74, 6) is -1.06. The topological polar surface area (TPSA) is 50.6 Å². The van der Waals surface area contributed by atoms with Crippen molar-refractivity contribution in [1.29, 1.82) is 0 Å². The van der Waals surface area contributed by atoms with Crippen LogP contribution in [-0.2, 0) is 13.2 Å². The maximum Gasteiger partial charge on any atom is 0.261 e. The van der Waals surface area contributed by atoms with Gasteiger partial charge in [-0.1, -0.05) is 36.4 Å². The molecule has 190 valence electrons. The Morgan fingerprint density at radius 3 is 2.08 bits per heavy atom. The molecule has 3 aromatic carbocycles. The van der Waals surface area contributed by atoms with Crippen LogP contribution in [-0.4, -0.2) is 46.8 Å². The van der Waals surface area contributed by atoms with Gasteiger partial charge in [0.2, 0.25) is 5.88 Å². The normalized spacial score (nSPS) is 13.6. The van der Waals surface area contributed by atoms with Crippen LogP contribution in [0, 0.1) is 17.5 Å². The third-order valence-electron chi connectivity index (χ3n) is 6.26. The average molecular weight is 507 g/mol. The van der Waals surface area contributed by atoms with E-state index < -0.39 is 0 Å². The van der Waals surface area contributed by atoms with Gasteiger partial charge in [0.05, 0.1) is 12.2 Å². The number of halogens is 3. The molecular formula is C28H25F3N4O2. The van der Waals surface area contributed by atoms with Gasteiger partial charge in [-0.05, 0) is 47.5 Å². The molecule has 5 rings (SSSR count). The number of piperazine rings is 1. The first-order valence-corrected chi connectivity index (χ1v) is 11.9. The summed E-state index contributed by atoms with van der Waals surface area (Å²) < 4.78 is 48.3. The van der Waals surface area contributed by atoms with Crippen LogP contribution in [0.5, 0.6) is 5.88 Å². The zero-order valence-corrected chi connectivity index (χ0v) is 20.0. The van der Waals surface area contributed by atoms with Gasteiger partial charge in [-0.25, -0.2) is 13.2 Å². The third kappa shape index (κ3) is 5.77. The SMILES string of the molecule is O=C(c1cn(Cc2ccc(F)cc2)nc1OCc1ccc(F)cc1)N1CCN(c2ccccc2F)CC1. The van der Waals surface area contributed by atoms with Gasteiger partial charge in [-0.15, -0.1) is 5.10 Å². The van der Waals surface area contributed by atoms with E-state index in [0.29, 0.717) is 44.0 Å². The van der Waals surface area contributed by atoms with E-state index in [-0.39, 0.29) is 35.8 Å². The summed E-state index contributed by atoms with van der Waals surface area (Å²) >= 11 is 0. The van der Waals surface area contributed by atoms with Gasteiger partial charge in [0.25, 0.3) is 5.91 Å². The number of hydrogen-bond donors (Lipinski definition) is 0. The number of para-hydroxylation sites is 1. The third-order valence-corrected chi connectivity index (χ3v) is 6.26. The van der Waals surface area contributed by atoms with E-state index in [4.69, 9.17) is 4.74 Å². The second-order valence-electron chi connectivity index (χ2n) is 8.82. The molecule has 0 N–H and O–H groups in total. The summed E-state index contributed by atoms with van der Waals surface area (Å²) in [5, 5.41) is 4.47. The molecule has 9 heteroatoms. The van der Waals surface area contributed by atoms with Crippen LogP contribution in [0.3, 0.4) is 0 Å². The second-order valence-corrected chi connectivity index (χ2v) is 8.82. The smallest absolute Gasteiger partial charge is 0.261 e. The molecule has 0 bridgehead atoms. The Kier molecular flexibility index (Phi) is 7.11. The number of nitrogens with zero attached hydrogens (tertiary/aromatic N) is 4. The first-order valence-electron chi connectivity index (χ1n) is 11.9. The van der Waals surface area contributed by atoms with Crippen LogP contribution in [0.4, 0.5) is 18.9 Å².